The molecule has 1 atom stereocenters. The summed E-state index contributed by atoms with van der Waals surface area (Å²) in [6.07, 6.45) is 0.230. The molecule has 0 radical (unpaired) electrons. The van der Waals surface area contributed by atoms with Gasteiger partial charge in [0.15, 0.2) is 11.5 Å². The Labute approximate surface area is 123 Å². The Bertz CT molecular complexity index is 576. The molecule has 0 saturated carbocycles. The summed E-state index contributed by atoms with van der Waals surface area (Å²) in [4.78, 5) is 23.2. The molecule has 1 fully saturated rings. The summed E-state index contributed by atoms with van der Waals surface area (Å²) in [5, 5.41) is 5.45. The highest BCUT2D eigenvalue weighted by Crippen LogP contribution is 2.38. The van der Waals surface area contributed by atoms with Crippen LogP contribution in [0.3, 0.4) is 0 Å². The van der Waals surface area contributed by atoms with Gasteiger partial charge in [-0.2, -0.15) is 0 Å². The van der Waals surface area contributed by atoms with Gasteiger partial charge in [0, 0.05) is 29.6 Å². The number of fused-ring (bicyclic) bond motifs is 1. The first-order valence-electron chi connectivity index (χ1n) is 6.30. The molecule has 1 unspecified atom stereocenters. The molecule has 2 N–H and O–H groups in total. The molecule has 20 heavy (non-hydrogen) atoms. The van der Waals surface area contributed by atoms with Crippen LogP contribution in [0, 0.1) is 5.92 Å². The molecule has 0 spiro atoms. The largest absolute Gasteiger partial charge is 0.486 e. The van der Waals surface area contributed by atoms with Gasteiger partial charge in [0.25, 0.3) is 0 Å². The van der Waals surface area contributed by atoms with E-state index < -0.39 is 0 Å². The van der Waals surface area contributed by atoms with E-state index in [1.807, 2.05) is 0 Å². The van der Waals surface area contributed by atoms with E-state index in [1.54, 1.807) is 12.1 Å². The number of ether oxygens (including phenoxy) is 2. The average Bonchev–Trinajstić information content (AvgIpc) is 2.86. The number of rotatable bonds is 2. The normalized spacial score (nSPS) is 20.4. The van der Waals surface area contributed by atoms with Crippen molar-refractivity contribution in [2.75, 3.05) is 25.1 Å². The predicted octanol–water partition coefficient (Wildman–Crippen LogP) is 1.29. The first-order chi connectivity index (χ1) is 9.63. The summed E-state index contributed by atoms with van der Waals surface area (Å²) in [5.41, 5.74) is 0.610. The fraction of sp³-hybridized carbons (Fsp3) is 0.385. The van der Waals surface area contributed by atoms with Crippen LogP contribution in [0.25, 0.3) is 0 Å². The van der Waals surface area contributed by atoms with Crippen LogP contribution in [-0.2, 0) is 9.59 Å². The number of amides is 2. The van der Waals surface area contributed by atoms with Crippen molar-refractivity contribution in [2.24, 2.45) is 5.92 Å². The quantitative estimate of drug-likeness (QED) is 0.850. The fourth-order valence-corrected chi connectivity index (χ4v) is 2.61. The van der Waals surface area contributed by atoms with Gasteiger partial charge in [-0.25, -0.2) is 0 Å². The zero-order chi connectivity index (χ0) is 14.1. The van der Waals surface area contributed by atoms with Crippen molar-refractivity contribution in [1.82, 2.24) is 5.32 Å². The Balaban J connectivity index is 1.77. The van der Waals surface area contributed by atoms with Crippen molar-refractivity contribution in [3.8, 4) is 11.5 Å². The lowest BCUT2D eigenvalue weighted by Gasteiger charge is -2.20. The highest BCUT2D eigenvalue weighted by atomic mass is 79.9. The van der Waals surface area contributed by atoms with E-state index in [0.29, 0.717) is 41.4 Å². The van der Waals surface area contributed by atoms with Crippen molar-refractivity contribution in [1.29, 1.82) is 0 Å². The summed E-state index contributed by atoms with van der Waals surface area (Å²) in [5.74, 6) is 0.656. The van der Waals surface area contributed by atoms with Gasteiger partial charge in [-0.05, 0) is 15.9 Å². The second-order valence-electron chi connectivity index (χ2n) is 4.67. The van der Waals surface area contributed by atoms with Gasteiger partial charge in [-0.3, -0.25) is 9.59 Å². The van der Waals surface area contributed by atoms with Crippen molar-refractivity contribution >= 4 is 33.4 Å². The molecular formula is C13H13BrN2O4. The second-order valence-corrected chi connectivity index (χ2v) is 5.52. The second kappa shape index (κ2) is 5.32. The first-order valence-corrected chi connectivity index (χ1v) is 7.09. The van der Waals surface area contributed by atoms with Gasteiger partial charge in [-0.15, -0.1) is 0 Å². The van der Waals surface area contributed by atoms with Crippen LogP contribution in [0.2, 0.25) is 0 Å². The van der Waals surface area contributed by atoms with Crippen molar-refractivity contribution in [3.05, 3.63) is 16.6 Å². The number of carbonyl (C=O) groups is 2. The Hall–Kier alpha value is -1.76. The van der Waals surface area contributed by atoms with E-state index in [4.69, 9.17) is 9.47 Å². The third kappa shape index (κ3) is 2.58. The van der Waals surface area contributed by atoms with Crippen molar-refractivity contribution in [2.45, 2.75) is 6.42 Å². The molecule has 3 rings (SSSR count). The Morgan fingerprint density at radius 3 is 2.65 bits per heavy atom. The standard InChI is InChI=1S/C13H13BrN2O4/c14-8-4-10-11(20-2-1-19-10)5-9(8)16-13(18)7-3-12(17)15-6-7/h4-5,7H,1-3,6H2,(H,15,17)(H,16,18). The van der Waals surface area contributed by atoms with Crippen LogP contribution >= 0.6 is 15.9 Å². The molecule has 1 aromatic rings. The maximum atomic E-state index is 12.1. The summed E-state index contributed by atoms with van der Waals surface area (Å²) >= 11 is 3.39. The van der Waals surface area contributed by atoms with Crippen LogP contribution in [0.4, 0.5) is 5.69 Å². The predicted molar refractivity (Wildman–Crippen MR) is 74.9 cm³/mol. The first kappa shape index (κ1) is 13.2. The maximum absolute atomic E-state index is 12.1. The van der Waals surface area contributed by atoms with Crippen LogP contribution in [0.5, 0.6) is 11.5 Å². The van der Waals surface area contributed by atoms with Gasteiger partial charge >= 0.3 is 0 Å². The van der Waals surface area contributed by atoms with E-state index in [2.05, 4.69) is 26.6 Å². The van der Waals surface area contributed by atoms with E-state index in [1.165, 1.54) is 0 Å². The van der Waals surface area contributed by atoms with Crippen LogP contribution < -0.4 is 20.1 Å². The third-order valence-electron chi connectivity index (χ3n) is 3.24. The number of hydrogen-bond acceptors (Lipinski definition) is 4. The van der Waals surface area contributed by atoms with Gasteiger partial charge < -0.3 is 20.1 Å². The van der Waals surface area contributed by atoms with Gasteiger partial charge in [0.05, 0.1) is 11.6 Å². The minimum Gasteiger partial charge on any atom is -0.486 e. The molecule has 2 aliphatic rings. The molecular weight excluding hydrogens is 328 g/mol. The minimum atomic E-state index is -0.331. The summed E-state index contributed by atoms with van der Waals surface area (Å²) in [6, 6.07) is 3.49. The van der Waals surface area contributed by atoms with Gasteiger partial charge in [0.2, 0.25) is 11.8 Å². The Morgan fingerprint density at radius 2 is 2.00 bits per heavy atom. The number of nitrogens with one attached hydrogen (secondary N) is 2. The lowest BCUT2D eigenvalue weighted by Crippen LogP contribution is -2.25. The molecule has 0 bridgehead atoms. The van der Waals surface area contributed by atoms with Crippen LogP contribution in [-0.4, -0.2) is 31.6 Å². The molecule has 0 aliphatic carbocycles. The number of hydrogen-bond donors (Lipinski definition) is 2. The molecule has 1 saturated heterocycles. The lowest BCUT2D eigenvalue weighted by molar-refractivity contribution is -0.123. The molecule has 7 heteroatoms. The molecule has 106 valence electrons. The highest BCUT2D eigenvalue weighted by Gasteiger charge is 2.28. The van der Waals surface area contributed by atoms with Gasteiger partial charge in [-0.1, -0.05) is 0 Å². The molecule has 2 heterocycles. The number of carbonyl (C=O) groups excluding carboxylic acids is 2. The smallest absolute Gasteiger partial charge is 0.229 e. The van der Waals surface area contributed by atoms with E-state index in [0.717, 1.165) is 0 Å². The third-order valence-corrected chi connectivity index (χ3v) is 3.89. The molecule has 2 aliphatic heterocycles. The lowest BCUT2D eigenvalue weighted by atomic mass is 10.1. The maximum Gasteiger partial charge on any atom is 0.229 e. The van der Waals surface area contributed by atoms with Gasteiger partial charge in [0.1, 0.15) is 13.2 Å². The van der Waals surface area contributed by atoms with Crippen LogP contribution in [0.1, 0.15) is 6.42 Å². The number of anilines is 1. The number of benzene rings is 1. The zero-order valence-electron chi connectivity index (χ0n) is 10.6. The van der Waals surface area contributed by atoms with Crippen LogP contribution in [0.15, 0.2) is 16.6 Å². The SMILES string of the molecule is O=C1CC(C(=O)Nc2cc3c(cc2Br)OCCO3)CN1. The molecule has 2 amide bonds. The Kier molecular flexibility index (Phi) is 3.52. The Morgan fingerprint density at radius 1 is 1.30 bits per heavy atom. The zero-order valence-corrected chi connectivity index (χ0v) is 12.2. The van der Waals surface area contributed by atoms with Crippen molar-refractivity contribution < 1.29 is 19.1 Å². The monoisotopic (exact) mass is 340 g/mol. The molecule has 6 nitrogen and oxygen atoms in total. The average molecular weight is 341 g/mol. The molecule has 0 aromatic heterocycles. The highest BCUT2D eigenvalue weighted by molar-refractivity contribution is 9.10. The van der Waals surface area contributed by atoms with E-state index in [-0.39, 0.29) is 24.2 Å². The fourth-order valence-electron chi connectivity index (χ4n) is 2.19. The van der Waals surface area contributed by atoms with E-state index in [9.17, 15) is 9.59 Å². The topological polar surface area (TPSA) is 76.7 Å². The van der Waals surface area contributed by atoms with E-state index >= 15 is 0 Å². The molecule has 1 aromatic carbocycles. The van der Waals surface area contributed by atoms with Crippen molar-refractivity contribution in [3.63, 3.8) is 0 Å². The minimum absolute atomic E-state index is 0.0913. The summed E-state index contributed by atoms with van der Waals surface area (Å²) in [6.45, 7) is 1.39. The summed E-state index contributed by atoms with van der Waals surface area (Å²) in [7, 11) is 0. The summed E-state index contributed by atoms with van der Waals surface area (Å²) < 4.78 is 11.7. The number of halogens is 1.